The van der Waals surface area contributed by atoms with E-state index in [2.05, 4.69) is 5.32 Å². The Balaban J connectivity index is 2.29. The van der Waals surface area contributed by atoms with Gasteiger partial charge in [-0.05, 0) is 31.2 Å². The summed E-state index contributed by atoms with van der Waals surface area (Å²) in [6, 6.07) is 8.40. The number of nitrogens with zero attached hydrogens (tertiary/aromatic N) is 1. The summed E-state index contributed by atoms with van der Waals surface area (Å²) in [5, 5.41) is 23.3. The zero-order chi connectivity index (χ0) is 15.6. The van der Waals surface area contributed by atoms with Gasteiger partial charge in [0, 0.05) is 22.3 Å². The van der Waals surface area contributed by atoms with E-state index in [0.717, 1.165) is 0 Å². The number of rotatable bonds is 3. The molecule has 2 aromatic carbocycles. The number of nitrogens with one attached hydrogen (secondary N) is 1. The summed E-state index contributed by atoms with van der Waals surface area (Å²) in [6.07, 6.45) is 0. The van der Waals surface area contributed by atoms with E-state index < -0.39 is 10.8 Å². The van der Waals surface area contributed by atoms with E-state index >= 15 is 0 Å². The van der Waals surface area contributed by atoms with Gasteiger partial charge in [-0.25, -0.2) is 0 Å². The number of nitro groups is 1. The summed E-state index contributed by atoms with van der Waals surface area (Å²) < 4.78 is 0. The van der Waals surface area contributed by atoms with Crippen LogP contribution in [0.4, 0.5) is 11.4 Å². The molecule has 0 spiro atoms. The molecule has 0 radical (unpaired) electrons. The zero-order valence-electron chi connectivity index (χ0n) is 11.0. The third kappa shape index (κ3) is 3.29. The Kier molecular flexibility index (Phi) is 4.09. The van der Waals surface area contributed by atoms with Crippen LogP contribution in [0, 0.1) is 17.0 Å². The number of anilines is 1. The Bertz CT molecular complexity index is 731. The van der Waals surface area contributed by atoms with Crippen LogP contribution < -0.4 is 5.32 Å². The number of hydrogen-bond acceptors (Lipinski definition) is 4. The van der Waals surface area contributed by atoms with Crippen molar-refractivity contribution < 1.29 is 14.8 Å². The summed E-state index contributed by atoms with van der Waals surface area (Å²) in [4.78, 5) is 22.4. The first-order valence-corrected chi connectivity index (χ1v) is 6.31. The van der Waals surface area contributed by atoms with Crippen molar-refractivity contribution in [2.45, 2.75) is 6.92 Å². The van der Waals surface area contributed by atoms with Gasteiger partial charge in [0.2, 0.25) is 0 Å². The number of phenols is 1. The van der Waals surface area contributed by atoms with Crippen LogP contribution in [-0.2, 0) is 0 Å². The lowest BCUT2D eigenvalue weighted by atomic mass is 10.1. The van der Waals surface area contributed by atoms with Crippen molar-refractivity contribution >= 4 is 28.9 Å². The van der Waals surface area contributed by atoms with Crippen LogP contribution in [0.3, 0.4) is 0 Å². The quantitative estimate of drug-likeness (QED) is 0.670. The van der Waals surface area contributed by atoms with Gasteiger partial charge < -0.3 is 10.4 Å². The second kappa shape index (κ2) is 5.80. The van der Waals surface area contributed by atoms with Crippen molar-refractivity contribution in [1.82, 2.24) is 0 Å². The third-order valence-electron chi connectivity index (χ3n) is 2.87. The summed E-state index contributed by atoms with van der Waals surface area (Å²) in [5.74, 6) is -0.827. The molecule has 0 saturated heterocycles. The molecule has 0 atom stereocenters. The Morgan fingerprint density at radius 2 is 2.00 bits per heavy atom. The highest BCUT2D eigenvalue weighted by molar-refractivity contribution is 6.31. The lowest BCUT2D eigenvalue weighted by Gasteiger charge is -2.08. The lowest BCUT2D eigenvalue weighted by molar-refractivity contribution is -0.385. The standard InChI is InChI=1S/C14H11ClN2O4/c1-8-2-4-10(7-12(8)17(20)21)16-14(19)11-6-9(15)3-5-13(11)18/h2-7,18H,1H3,(H,16,19). The van der Waals surface area contributed by atoms with Crippen LogP contribution in [-0.4, -0.2) is 15.9 Å². The lowest BCUT2D eigenvalue weighted by Crippen LogP contribution is -2.12. The fourth-order valence-corrected chi connectivity index (χ4v) is 1.94. The number of halogens is 1. The minimum Gasteiger partial charge on any atom is -0.507 e. The maximum atomic E-state index is 12.1. The molecule has 108 valence electrons. The number of benzene rings is 2. The topological polar surface area (TPSA) is 92.5 Å². The Morgan fingerprint density at radius 3 is 2.67 bits per heavy atom. The van der Waals surface area contributed by atoms with E-state index in [4.69, 9.17) is 11.6 Å². The molecule has 0 unspecified atom stereocenters. The number of carbonyl (C=O) groups excluding carboxylic acids is 1. The minimum absolute atomic E-state index is 0.00859. The number of nitro benzene ring substituents is 1. The molecular weight excluding hydrogens is 296 g/mol. The van der Waals surface area contributed by atoms with Gasteiger partial charge in [0.1, 0.15) is 5.75 Å². The van der Waals surface area contributed by atoms with Crippen molar-refractivity contribution in [3.63, 3.8) is 0 Å². The maximum Gasteiger partial charge on any atom is 0.274 e. The molecule has 2 N–H and O–H groups in total. The molecule has 21 heavy (non-hydrogen) atoms. The van der Waals surface area contributed by atoms with Crippen molar-refractivity contribution in [2.24, 2.45) is 0 Å². The molecule has 0 aliphatic carbocycles. The molecule has 0 aromatic heterocycles. The molecule has 2 rings (SSSR count). The summed E-state index contributed by atoms with van der Waals surface area (Å²) in [5.41, 5.74) is 0.647. The molecule has 0 heterocycles. The molecule has 0 bridgehead atoms. The van der Waals surface area contributed by atoms with Crippen molar-refractivity contribution in [2.75, 3.05) is 5.32 Å². The van der Waals surface area contributed by atoms with E-state index in [1.54, 1.807) is 13.0 Å². The van der Waals surface area contributed by atoms with Gasteiger partial charge in [0.05, 0.1) is 10.5 Å². The van der Waals surface area contributed by atoms with Crippen LogP contribution in [0.25, 0.3) is 0 Å². The normalized spacial score (nSPS) is 10.2. The molecule has 7 heteroatoms. The van der Waals surface area contributed by atoms with Gasteiger partial charge >= 0.3 is 0 Å². The third-order valence-corrected chi connectivity index (χ3v) is 3.10. The highest BCUT2D eigenvalue weighted by Gasteiger charge is 2.15. The number of amides is 1. The maximum absolute atomic E-state index is 12.1. The van der Waals surface area contributed by atoms with Crippen molar-refractivity contribution in [3.8, 4) is 5.75 Å². The number of aryl methyl sites for hydroxylation is 1. The van der Waals surface area contributed by atoms with Crippen LogP contribution >= 0.6 is 11.6 Å². The van der Waals surface area contributed by atoms with Crippen LogP contribution in [0.5, 0.6) is 5.75 Å². The molecule has 2 aromatic rings. The average molecular weight is 307 g/mol. The van der Waals surface area contributed by atoms with Gasteiger partial charge in [-0.1, -0.05) is 17.7 Å². The molecular formula is C14H11ClN2O4. The van der Waals surface area contributed by atoms with E-state index in [-0.39, 0.29) is 22.7 Å². The number of hydrogen-bond donors (Lipinski definition) is 2. The van der Waals surface area contributed by atoms with E-state index in [9.17, 15) is 20.0 Å². The number of phenolic OH excluding ortho intramolecular Hbond substituents is 1. The number of carbonyl (C=O) groups is 1. The Morgan fingerprint density at radius 1 is 1.29 bits per heavy atom. The predicted octanol–water partition coefficient (Wildman–Crippen LogP) is 3.51. The first-order chi connectivity index (χ1) is 9.88. The van der Waals surface area contributed by atoms with E-state index in [1.807, 2.05) is 0 Å². The van der Waals surface area contributed by atoms with Gasteiger partial charge in [0.15, 0.2) is 0 Å². The largest absolute Gasteiger partial charge is 0.507 e. The minimum atomic E-state index is -0.604. The second-order valence-electron chi connectivity index (χ2n) is 4.37. The molecule has 0 aliphatic heterocycles. The predicted molar refractivity (Wildman–Crippen MR) is 78.9 cm³/mol. The summed E-state index contributed by atoms with van der Waals surface area (Å²) in [6.45, 7) is 1.60. The molecule has 0 fully saturated rings. The van der Waals surface area contributed by atoms with Gasteiger partial charge in [-0.15, -0.1) is 0 Å². The van der Waals surface area contributed by atoms with Crippen LogP contribution in [0.15, 0.2) is 36.4 Å². The highest BCUT2D eigenvalue weighted by atomic mass is 35.5. The first-order valence-electron chi connectivity index (χ1n) is 5.93. The molecule has 6 nitrogen and oxygen atoms in total. The van der Waals surface area contributed by atoms with Crippen LogP contribution in [0.2, 0.25) is 5.02 Å². The smallest absolute Gasteiger partial charge is 0.274 e. The van der Waals surface area contributed by atoms with Crippen molar-refractivity contribution in [1.29, 1.82) is 0 Å². The molecule has 0 saturated carbocycles. The Labute approximate surface area is 125 Å². The van der Waals surface area contributed by atoms with E-state index in [0.29, 0.717) is 10.6 Å². The molecule has 1 amide bonds. The monoisotopic (exact) mass is 306 g/mol. The van der Waals surface area contributed by atoms with Gasteiger partial charge in [-0.2, -0.15) is 0 Å². The zero-order valence-corrected chi connectivity index (χ0v) is 11.7. The fourth-order valence-electron chi connectivity index (χ4n) is 1.77. The van der Waals surface area contributed by atoms with Crippen molar-refractivity contribution in [3.05, 3.63) is 62.7 Å². The fraction of sp³-hybridized carbons (Fsp3) is 0.0714. The van der Waals surface area contributed by atoms with E-state index in [1.165, 1.54) is 30.3 Å². The summed E-state index contributed by atoms with van der Waals surface area (Å²) in [7, 11) is 0. The Hall–Kier alpha value is -2.60. The molecule has 0 aliphatic rings. The van der Waals surface area contributed by atoms with Gasteiger partial charge in [-0.3, -0.25) is 14.9 Å². The van der Waals surface area contributed by atoms with Gasteiger partial charge in [0.25, 0.3) is 11.6 Å². The average Bonchev–Trinajstić information content (AvgIpc) is 2.43. The van der Waals surface area contributed by atoms with Crippen LogP contribution in [0.1, 0.15) is 15.9 Å². The summed E-state index contributed by atoms with van der Waals surface area (Å²) >= 11 is 5.77. The first kappa shape index (κ1) is 14.8. The second-order valence-corrected chi connectivity index (χ2v) is 4.81. The highest BCUT2D eigenvalue weighted by Crippen LogP contribution is 2.25. The SMILES string of the molecule is Cc1ccc(NC(=O)c2cc(Cl)ccc2O)cc1[N+](=O)[O-]. The number of aromatic hydroxyl groups is 1.